The zero-order chi connectivity index (χ0) is 29.2. The molecule has 0 atom stereocenters. The van der Waals surface area contributed by atoms with Crippen molar-refractivity contribution in [3.63, 3.8) is 0 Å². The second-order valence-corrected chi connectivity index (χ2v) is 14.2. The van der Waals surface area contributed by atoms with Crippen molar-refractivity contribution in [2.24, 2.45) is 0 Å². The molecule has 7 rings (SSSR count). The molecule has 0 N–H and O–H groups in total. The van der Waals surface area contributed by atoms with Crippen LogP contribution in [-0.4, -0.2) is 32.4 Å². The molecule has 0 spiro atoms. The molecule has 4 nitrogen and oxygen atoms in total. The van der Waals surface area contributed by atoms with Crippen molar-refractivity contribution in [2.75, 3.05) is 12.5 Å². The summed E-state index contributed by atoms with van der Waals surface area (Å²) in [5.41, 5.74) is 10.1. The summed E-state index contributed by atoms with van der Waals surface area (Å²) in [6, 6.07) is 45.9. The zero-order valence-electron chi connectivity index (χ0n) is 24.1. The Kier molecular flexibility index (Phi) is 7.01. The molecular weight excluding hydrogens is 545 g/mol. The number of nitrogens with zero attached hydrogens (tertiary/aromatic N) is 4. The highest BCUT2D eigenvalue weighted by Gasteiger charge is 2.40. The average molecular weight is 575 g/mol. The van der Waals surface area contributed by atoms with E-state index in [9.17, 15) is 0 Å². The van der Waals surface area contributed by atoms with Crippen LogP contribution in [0.25, 0.3) is 43.7 Å². The highest BCUT2D eigenvalue weighted by atomic mass is 32.3. The topological polar surface area (TPSA) is 51.6 Å². The predicted octanol–water partition coefficient (Wildman–Crippen LogP) is 9.12. The first-order valence-corrected chi connectivity index (χ1v) is 16.7. The quantitative estimate of drug-likeness (QED) is 0.199. The molecule has 0 aliphatic carbocycles. The summed E-state index contributed by atoms with van der Waals surface area (Å²) in [5.74, 6) is 0. The molecule has 2 aromatic carbocycles. The van der Waals surface area contributed by atoms with Gasteiger partial charge in [-0.05, 0) is 72.2 Å². The second kappa shape index (κ2) is 11.3. The molecule has 5 heterocycles. The molecule has 208 valence electrons. The van der Waals surface area contributed by atoms with Crippen molar-refractivity contribution < 1.29 is 0 Å². The van der Waals surface area contributed by atoms with Crippen LogP contribution >= 0.6 is 10.0 Å². The first kappa shape index (κ1) is 26.7. The molecule has 6 aromatic rings. The number of pyridine rings is 4. The summed E-state index contributed by atoms with van der Waals surface area (Å²) in [6.07, 6.45) is 8.38. The van der Waals surface area contributed by atoms with Crippen LogP contribution < -0.4 is 0 Å². The number of hydrogen-bond acceptors (Lipinski definition) is 4. The number of rotatable bonds is 6. The molecule has 0 unspecified atom stereocenters. The SMILES string of the molecule is CS1(C)C(c2cccc(-c3ccccn3)n2)=C(c2ccccc2)C(c2ccccc2)=C1c1cccc(-c2ccccn2)n1. The van der Waals surface area contributed by atoms with Gasteiger partial charge in [-0.1, -0.05) is 84.9 Å². The molecule has 0 bridgehead atoms. The first-order valence-electron chi connectivity index (χ1n) is 14.2. The molecule has 0 saturated heterocycles. The van der Waals surface area contributed by atoms with E-state index in [1.54, 1.807) is 0 Å². The van der Waals surface area contributed by atoms with E-state index in [1.807, 2.05) is 60.9 Å². The maximum absolute atomic E-state index is 5.26. The Morgan fingerprint density at radius 1 is 0.372 bits per heavy atom. The number of hydrogen-bond donors (Lipinski definition) is 0. The zero-order valence-corrected chi connectivity index (χ0v) is 24.9. The van der Waals surface area contributed by atoms with E-state index >= 15 is 0 Å². The van der Waals surface area contributed by atoms with Crippen LogP contribution in [0.15, 0.2) is 146 Å². The Hall–Kier alpha value is -5.13. The Morgan fingerprint density at radius 2 is 0.744 bits per heavy atom. The fourth-order valence-corrected chi connectivity index (χ4v) is 8.75. The van der Waals surface area contributed by atoms with Gasteiger partial charge in [0.25, 0.3) is 0 Å². The highest BCUT2D eigenvalue weighted by Crippen LogP contribution is 2.73. The maximum Gasteiger partial charge on any atom is 0.0893 e. The van der Waals surface area contributed by atoms with Gasteiger partial charge in [-0.15, -0.1) is 0 Å². The van der Waals surface area contributed by atoms with Gasteiger partial charge >= 0.3 is 0 Å². The van der Waals surface area contributed by atoms with Crippen molar-refractivity contribution in [3.8, 4) is 22.8 Å². The van der Waals surface area contributed by atoms with Gasteiger partial charge < -0.3 is 0 Å². The van der Waals surface area contributed by atoms with E-state index in [0.29, 0.717) is 0 Å². The van der Waals surface area contributed by atoms with Gasteiger partial charge in [0, 0.05) is 33.4 Å². The van der Waals surface area contributed by atoms with E-state index in [-0.39, 0.29) is 0 Å². The van der Waals surface area contributed by atoms with Gasteiger partial charge in [0.15, 0.2) is 0 Å². The van der Waals surface area contributed by atoms with Crippen LogP contribution in [0.4, 0.5) is 0 Å². The van der Waals surface area contributed by atoms with Gasteiger partial charge in [-0.3, -0.25) is 9.97 Å². The van der Waals surface area contributed by atoms with Crippen LogP contribution in [0.3, 0.4) is 0 Å². The van der Waals surface area contributed by atoms with E-state index in [2.05, 4.69) is 107 Å². The van der Waals surface area contributed by atoms with Crippen LogP contribution in [0.1, 0.15) is 22.5 Å². The molecule has 0 amide bonds. The van der Waals surface area contributed by atoms with Crippen molar-refractivity contribution in [1.29, 1.82) is 0 Å². The molecule has 0 saturated carbocycles. The summed E-state index contributed by atoms with van der Waals surface area (Å²) < 4.78 is 0. The summed E-state index contributed by atoms with van der Waals surface area (Å²) in [4.78, 5) is 22.2. The van der Waals surface area contributed by atoms with Crippen molar-refractivity contribution in [2.45, 2.75) is 0 Å². The monoisotopic (exact) mass is 574 g/mol. The van der Waals surface area contributed by atoms with Crippen LogP contribution in [0.2, 0.25) is 0 Å². The van der Waals surface area contributed by atoms with Crippen molar-refractivity contribution in [1.82, 2.24) is 19.9 Å². The fourth-order valence-electron chi connectivity index (χ4n) is 5.82. The van der Waals surface area contributed by atoms with Crippen molar-refractivity contribution >= 4 is 31.0 Å². The molecule has 5 heteroatoms. The van der Waals surface area contributed by atoms with Gasteiger partial charge in [0.2, 0.25) is 0 Å². The third-order valence-electron chi connectivity index (χ3n) is 7.67. The maximum atomic E-state index is 5.26. The minimum Gasteiger partial charge on any atom is -0.255 e. The lowest BCUT2D eigenvalue weighted by molar-refractivity contribution is 1.23. The third-order valence-corrected chi connectivity index (χ3v) is 10.5. The lowest BCUT2D eigenvalue weighted by Crippen LogP contribution is -2.03. The molecule has 1 aliphatic rings. The molecule has 1 aliphatic heterocycles. The van der Waals surface area contributed by atoms with Gasteiger partial charge in [-0.2, -0.15) is 10.0 Å². The van der Waals surface area contributed by atoms with Gasteiger partial charge in [0.05, 0.1) is 34.2 Å². The summed E-state index contributed by atoms with van der Waals surface area (Å²) in [6.45, 7) is 0. The third kappa shape index (κ3) is 4.98. The smallest absolute Gasteiger partial charge is 0.0893 e. The van der Waals surface area contributed by atoms with Gasteiger partial charge in [-0.25, -0.2) is 9.97 Å². The Labute approximate surface area is 253 Å². The normalized spacial score (nSPS) is 15.0. The number of aromatic nitrogens is 4. The van der Waals surface area contributed by atoms with Gasteiger partial charge in [0.1, 0.15) is 0 Å². The highest BCUT2D eigenvalue weighted by molar-refractivity contribution is 8.47. The molecule has 4 aromatic heterocycles. The van der Waals surface area contributed by atoms with E-state index < -0.39 is 10.0 Å². The van der Waals surface area contributed by atoms with Crippen LogP contribution in [-0.2, 0) is 0 Å². The van der Waals surface area contributed by atoms with E-state index in [1.165, 1.54) is 21.0 Å². The molecule has 43 heavy (non-hydrogen) atoms. The Bertz CT molecular complexity index is 1820. The molecule has 0 radical (unpaired) electrons. The average Bonchev–Trinajstić information content (AvgIpc) is 3.33. The lowest BCUT2D eigenvalue weighted by atomic mass is 9.90. The van der Waals surface area contributed by atoms with Crippen LogP contribution in [0, 0.1) is 0 Å². The second-order valence-electron chi connectivity index (χ2n) is 10.7. The predicted molar refractivity (Wildman–Crippen MR) is 181 cm³/mol. The summed E-state index contributed by atoms with van der Waals surface area (Å²) in [7, 11) is -1.63. The number of allylic oxidation sites excluding steroid dienone is 2. The minimum atomic E-state index is -1.63. The van der Waals surface area contributed by atoms with Crippen LogP contribution in [0.5, 0.6) is 0 Å². The largest absolute Gasteiger partial charge is 0.255 e. The Morgan fingerprint density at radius 3 is 1.14 bits per heavy atom. The minimum absolute atomic E-state index is 0.859. The number of benzene rings is 2. The van der Waals surface area contributed by atoms with E-state index in [4.69, 9.17) is 9.97 Å². The van der Waals surface area contributed by atoms with E-state index in [0.717, 1.165) is 45.3 Å². The standard InChI is InChI=1S/C38H30N4S/c1-43(2)37(33-23-13-21-31(41-33)29-19-9-11-25-39-29)35(27-15-5-3-6-16-27)36(28-17-7-4-8-18-28)38(43)34-24-14-22-32(42-34)30-20-10-12-26-40-30/h3-26H,1-2H3. The molecule has 0 fully saturated rings. The lowest BCUT2D eigenvalue weighted by Gasteiger charge is -2.33. The first-order chi connectivity index (χ1) is 21.1. The summed E-state index contributed by atoms with van der Waals surface area (Å²) in [5, 5.41) is 0. The Balaban J connectivity index is 1.52. The summed E-state index contributed by atoms with van der Waals surface area (Å²) >= 11 is 0. The molecular formula is C38H30N4S. The fraction of sp³-hybridized carbons (Fsp3) is 0.0526. The van der Waals surface area contributed by atoms with Crippen molar-refractivity contribution in [3.05, 3.63) is 168 Å².